The topological polar surface area (TPSA) is 90.5 Å². The molecule has 34 heavy (non-hydrogen) atoms. The normalized spacial score (nSPS) is 13.5. The van der Waals surface area contributed by atoms with Gasteiger partial charge in [0.2, 0.25) is 5.91 Å². The van der Waals surface area contributed by atoms with Gasteiger partial charge >= 0.3 is 0 Å². The van der Waals surface area contributed by atoms with Gasteiger partial charge in [-0.1, -0.05) is 48.5 Å². The Morgan fingerprint density at radius 2 is 1.62 bits per heavy atom. The van der Waals surface area contributed by atoms with Crippen molar-refractivity contribution < 1.29 is 9.59 Å². The molecule has 0 spiro atoms. The van der Waals surface area contributed by atoms with Crippen molar-refractivity contribution in [1.82, 2.24) is 20.2 Å². The highest BCUT2D eigenvalue weighted by molar-refractivity contribution is 5.95. The zero-order valence-corrected chi connectivity index (χ0v) is 19.6. The SMILES string of the molecule is CC(=O)NCCNc1cc(N2CCN(C(=O)c3ccccc3C)CC2)nc(-c2ccccc2)n1. The van der Waals surface area contributed by atoms with Crippen LogP contribution < -0.4 is 15.5 Å². The van der Waals surface area contributed by atoms with Gasteiger partial charge in [-0.2, -0.15) is 0 Å². The maximum absolute atomic E-state index is 13.0. The third kappa shape index (κ3) is 5.70. The molecule has 0 radical (unpaired) electrons. The smallest absolute Gasteiger partial charge is 0.254 e. The third-order valence-corrected chi connectivity index (χ3v) is 5.82. The van der Waals surface area contributed by atoms with E-state index in [4.69, 9.17) is 4.98 Å². The van der Waals surface area contributed by atoms with Crippen LogP contribution in [0.2, 0.25) is 0 Å². The predicted octanol–water partition coefficient (Wildman–Crippen LogP) is 2.96. The van der Waals surface area contributed by atoms with Gasteiger partial charge in [-0.3, -0.25) is 9.59 Å². The summed E-state index contributed by atoms with van der Waals surface area (Å²) in [7, 11) is 0. The number of carbonyl (C=O) groups excluding carboxylic acids is 2. The summed E-state index contributed by atoms with van der Waals surface area (Å²) in [6, 6.07) is 19.5. The lowest BCUT2D eigenvalue weighted by Crippen LogP contribution is -2.49. The minimum atomic E-state index is -0.0618. The number of benzene rings is 2. The number of aromatic nitrogens is 2. The van der Waals surface area contributed by atoms with Gasteiger partial charge in [0, 0.05) is 63.4 Å². The third-order valence-electron chi connectivity index (χ3n) is 5.82. The van der Waals surface area contributed by atoms with Gasteiger partial charge in [-0.05, 0) is 18.6 Å². The number of amides is 2. The molecular formula is C26H30N6O2. The Morgan fingerprint density at radius 1 is 0.912 bits per heavy atom. The molecule has 2 amide bonds. The Kier molecular flexibility index (Phi) is 7.37. The number of nitrogens with zero attached hydrogens (tertiary/aromatic N) is 4. The van der Waals surface area contributed by atoms with E-state index in [1.807, 2.05) is 72.5 Å². The fourth-order valence-electron chi connectivity index (χ4n) is 3.95. The van der Waals surface area contributed by atoms with E-state index >= 15 is 0 Å². The molecule has 176 valence electrons. The van der Waals surface area contributed by atoms with Crippen molar-refractivity contribution in [3.05, 3.63) is 71.8 Å². The molecule has 0 saturated carbocycles. The minimum absolute atomic E-state index is 0.0618. The minimum Gasteiger partial charge on any atom is -0.368 e. The highest BCUT2D eigenvalue weighted by Crippen LogP contribution is 2.24. The fourth-order valence-corrected chi connectivity index (χ4v) is 3.95. The van der Waals surface area contributed by atoms with E-state index in [9.17, 15) is 9.59 Å². The van der Waals surface area contributed by atoms with Crippen LogP contribution >= 0.6 is 0 Å². The summed E-state index contributed by atoms with van der Waals surface area (Å²) < 4.78 is 0. The van der Waals surface area contributed by atoms with Crippen LogP contribution in [-0.4, -0.2) is 66.0 Å². The van der Waals surface area contributed by atoms with Gasteiger partial charge in [0.25, 0.3) is 5.91 Å². The Balaban J connectivity index is 1.49. The van der Waals surface area contributed by atoms with Gasteiger partial charge in [0.05, 0.1) is 0 Å². The largest absolute Gasteiger partial charge is 0.368 e. The first kappa shape index (κ1) is 23.2. The van der Waals surface area contributed by atoms with Gasteiger partial charge in [0.1, 0.15) is 11.6 Å². The van der Waals surface area contributed by atoms with Crippen molar-refractivity contribution in [2.24, 2.45) is 0 Å². The first-order chi connectivity index (χ1) is 16.5. The lowest BCUT2D eigenvalue weighted by Gasteiger charge is -2.36. The van der Waals surface area contributed by atoms with Crippen molar-refractivity contribution >= 4 is 23.5 Å². The summed E-state index contributed by atoms with van der Waals surface area (Å²) in [5.74, 6) is 2.17. The molecular weight excluding hydrogens is 428 g/mol. The van der Waals surface area contributed by atoms with Crippen LogP contribution in [0.3, 0.4) is 0 Å². The molecule has 1 fully saturated rings. The van der Waals surface area contributed by atoms with E-state index < -0.39 is 0 Å². The molecule has 8 heteroatoms. The maximum atomic E-state index is 13.0. The van der Waals surface area contributed by atoms with Crippen LogP contribution in [0, 0.1) is 6.92 Å². The van der Waals surface area contributed by atoms with E-state index in [0.717, 1.165) is 22.5 Å². The zero-order valence-electron chi connectivity index (χ0n) is 19.6. The lowest BCUT2D eigenvalue weighted by atomic mass is 10.1. The standard InChI is InChI=1S/C26H30N6O2/c1-19-8-6-7-11-22(19)26(34)32-16-14-31(15-17-32)24-18-23(28-13-12-27-20(2)33)29-25(30-24)21-9-4-3-5-10-21/h3-11,18H,12-17H2,1-2H3,(H,27,33)(H,28,29,30). The Morgan fingerprint density at radius 3 is 2.32 bits per heavy atom. The number of hydrogen-bond acceptors (Lipinski definition) is 6. The summed E-state index contributed by atoms with van der Waals surface area (Å²) >= 11 is 0. The maximum Gasteiger partial charge on any atom is 0.254 e. The van der Waals surface area contributed by atoms with Gasteiger partial charge in [0.15, 0.2) is 5.82 Å². The van der Waals surface area contributed by atoms with E-state index in [2.05, 4.69) is 20.5 Å². The molecule has 1 aromatic heterocycles. The molecule has 2 N–H and O–H groups in total. The first-order valence-corrected chi connectivity index (χ1v) is 11.5. The van der Waals surface area contributed by atoms with Crippen molar-refractivity contribution in [1.29, 1.82) is 0 Å². The summed E-state index contributed by atoms with van der Waals surface area (Å²) in [5, 5.41) is 6.07. The summed E-state index contributed by atoms with van der Waals surface area (Å²) in [5.41, 5.74) is 2.69. The van der Waals surface area contributed by atoms with Crippen LogP contribution in [0.4, 0.5) is 11.6 Å². The van der Waals surface area contributed by atoms with Gasteiger partial charge < -0.3 is 20.4 Å². The summed E-state index contributed by atoms with van der Waals surface area (Å²) in [6.07, 6.45) is 0. The lowest BCUT2D eigenvalue weighted by molar-refractivity contribution is -0.118. The van der Waals surface area contributed by atoms with Crippen molar-refractivity contribution in [3.63, 3.8) is 0 Å². The van der Waals surface area contributed by atoms with Crippen molar-refractivity contribution in [3.8, 4) is 11.4 Å². The molecule has 2 aromatic carbocycles. The van der Waals surface area contributed by atoms with E-state index in [1.54, 1.807) is 0 Å². The Hall–Kier alpha value is -3.94. The first-order valence-electron chi connectivity index (χ1n) is 11.5. The molecule has 0 bridgehead atoms. The van der Waals surface area contributed by atoms with Crippen LogP contribution in [0.15, 0.2) is 60.7 Å². The van der Waals surface area contributed by atoms with E-state index in [1.165, 1.54) is 6.92 Å². The highest BCUT2D eigenvalue weighted by Gasteiger charge is 2.24. The Labute approximate surface area is 200 Å². The van der Waals surface area contributed by atoms with Crippen molar-refractivity contribution in [2.45, 2.75) is 13.8 Å². The molecule has 2 heterocycles. The summed E-state index contributed by atoms with van der Waals surface area (Å²) in [6.45, 7) is 7.17. The average Bonchev–Trinajstić information content (AvgIpc) is 2.87. The molecule has 1 saturated heterocycles. The van der Waals surface area contributed by atoms with Crippen LogP contribution in [0.25, 0.3) is 11.4 Å². The summed E-state index contributed by atoms with van der Waals surface area (Å²) in [4.78, 5) is 37.7. The van der Waals surface area contributed by atoms with Crippen LogP contribution in [-0.2, 0) is 4.79 Å². The number of rotatable bonds is 7. The number of nitrogens with one attached hydrogen (secondary N) is 2. The number of anilines is 2. The van der Waals surface area contributed by atoms with E-state index in [-0.39, 0.29) is 11.8 Å². The van der Waals surface area contributed by atoms with Crippen LogP contribution in [0.5, 0.6) is 0 Å². The molecule has 0 unspecified atom stereocenters. The molecule has 4 rings (SSSR count). The van der Waals surface area contributed by atoms with Crippen LogP contribution in [0.1, 0.15) is 22.8 Å². The number of hydrogen-bond donors (Lipinski definition) is 2. The second-order valence-corrected chi connectivity index (χ2v) is 8.30. The number of piperazine rings is 1. The van der Waals surface area contributed by atoms with Gasteiger partial charge in [-0.15, -0.1) is 0 Å². The second-order valence-electron chi connectivity index (χ2n) is 8.30. The highest BCUT2D eigenvalue weighted by atomic mass is 16.2. The number of carbonyl (C=O) groups is 2. The fraction of sp³-hybridized carbons (Fsp3) is 0.308. The second kappa shape index (κ2) is 10.8. The molecule has 1 aliphatic heterocycles. The molecule has 8 nitrogen and oxygen atoms in total. The monoisotopic (exact) mass is 458 g/mol. The van der Waals surface area contributed by atoms with E-state index in [0.29, 0.717) is 50.9 Å². The molecule has 0 atom stereocenters. The predicted molar refractivity (Wildman–Crippen MR) is 134 cm³/mol. The molecule has 3 aromatic rings. The molecule has 1 aliphatic rings. The average molecular weight is 459 g/mol. The quantitative estimate of drug-likeness (QED) is 0.529. The molecule has 0 aliphatic carbocycles. The zero-order chi connectivity index (χ0) is 23.9. The van der Waals surface area contributed by atoms with Crippen molar-refractivity contribution in [2.75, 3.05) is 49.5 Å². The number of aryl methyl sites for hydroxylation is 1. The van der Waals surface area contributed by atoms with Gasteiger partial charge in [-0.25, -0.2) is 9.97 Å². The Bertz CT molecular complexity index is 1140.